The van der Waals surface area contributed by atoms with Gasteiger partial charge in [-0.3, -0.25) is 4.98 Å². The van der Waals surface area contributed by atoms with Gasteiger partial charge < -0.3 is 10.1 Å². The molecule has 106 valence electrons. The van der Waals surface area contributed by atoms with E-state index < -0.39 is 0 Å². The van der Waals surface area contributed by atoms with Crippen LogP contribution in [0.1, 0.15) is 22.5 Å². The second-order valence-corrected chi connectivity index (χ2v) is 5.06. The van der Waals surface area contributed by atoms with E-state index in [4.69, 9.17) is 4.74 Å². The number of hydrogen-bond acceptors (Lipinski definition) is 3. The van der Waals surface area contributed by atoms with Crippen molar-refractivity contribution in [2.75, 3.05) is 13.7 Å². The van der Waals surface area contributed by atoms with E-state index in [0.717, 1.165) is 36.6 Å². The fourth-order valence-corrected chi connectivity index (χ4v) is 2.23. The zero-order chi connectivity index (χ0) is 14.4. The van der Waals surface area contributed by atoms with Crippen LogP contribution in [0.15, 0.2) is 36.4 Å². The first kappa shape index (κ1) is 14.5. The average molecular weight is 270 g/mol. The number of aromatic nitrogens is 1. The summed E-state index contributed by atoms with van der Waals surface area (Å²) in [5, 5.41) is 3.43. The summed E-state index contributed by atoms with van der Waals surface area (Å²) >= 11 is 0. The standard InChI is InChI=1S/C17H22N2O/c1-13-5-4-6-15(9-13)7-8-18-12-16-11-17(20-3)10-14(2)19-16/h4-6,9-11,18H,7-8,12H2,1-3H3. The first-order chi connectivity index (χ1) is 9.67. The van der Waals surface area contributed by atoms with Gasteiger partial charge in [0.1, 0.15) is 5.75 Å². The van der Waals surface area contributed by atoms with Crippen LogP contribution in [0.25, 0.3) is 0 Å². The minimum absolute atomic E-state index is 0.768. The molecule has 0 bridgehead atoms. The molecule has 0 spiro atoms. The minimum atomic E-state index is 0.768. The van der Waals surface area contributed by atoms with E-state index in [1.807, 2.05) is 19.1 Å². The van der Waals surface area contributed by atoms with Gasteiger partial charge in [0.05, 0.1) is 12.8 Å². The summed E-state index contributed by atoms with van der Waals surface area (Å²) in [7, 11) is 1.68. The van der Waals surface area contributed by atoms with Crippen molar-refractivity contribution in [2.24, 2.45) is 0 Å². The monoisotopic (exact) mass is 270 g/mol. The largest absolute Gasteiger partial charge is 0.497 e. The van der Waals surface area contributed by atoms with Gasteiger partial charge in [-0.1, -0.05) is 29.8 Å². The number of rotatable bonds is 6. The Hall–Kier alpha value is -1.87. The van der Waals surface area contributed by atoms with Gasteiger partial charge in [0.2, 0.25) is 0 Å². The SMILES string of the molecule is COc1cc(C)nc(CNCCc2cccc(C)c2)c1. The number of ether oxygens (including phenoxy) is 1. The highest BCUT2D eigenvalue weighted by Gasteiger charge is 2.00. The Labute approximate surface area is 121 Å². The number of aryl methyl sites for hydroxylation is 2. The summed E-state index contributed by atoms with van der Waals surface area (Å²) < 4.78 is 5.26. The first-order valence-corrected chi connectivity index (χ1v) is 6.95. The zero-order valence-electron chi connectivity index (χ0n) is 12.4. The normalized spacial score (nSPS) is 10.6. The number of benzene rings is 1. The van der Waals surface area contributed by atoms with Crippen molar-refractivity contribution in [3.63, 3.8) is 0 Å². The maximum Gasteiger partial charge on any atom is 0.122 e. The van der Waals surface area contributed by atoms with Crippen molar-refractivity contribution < 1.29 is 4.74 Å². The van der Waals surface area contributed by atoms with Crippen LogP contribution in [0, 0.1) is 13.8 Å². The van der Waals surface area contributed by atoms with Gasteiger partial charge in [-0.15, -0.1) is 0 Å². The quantitative estimate of drug-likeness (QED) is 0.819. The number of nitrogens with one attached hydrogen (secondary N) is 1. The van der Waals surface area contributed by atoms with E-state index in [2.05, 4.69) is 41.5 Å². The summed E-state index contributed by atoms with van der Waals surface area (Å²) in [5.74, 6) is 0.869. The van der Waals surface area contributed by atoms with Crippen LogP contribution in [0.3, 0.4) is 0 Å². The van der Waals surface area contributed by atoms with E-state index in [-0.39, 0.29) is 0 Å². The highest BCUT2D eigenvalue weighted by molar-refractivity contribution is 5.26. The van der Waals surface area contributed by atoms with E-state index in [0.29, 0.717) is 0 Å². The van der Waals surface area contributed by atoms with Crippen molar-refractivity contribution in [1.29, 1.82) is 0 Å². The summed E-state index contributed by atoms with van der Waals surface area (Å²) in [4.78, 5) is 4.50. The molecule has 0 saturated heterocycles. The Morgan fingerprint density at radius 2 is 2.00 bits per heavy atom. The highest BCUT2D eigenvalue weighted by Crippen LogP contribution is 2.13. The van der Waals surface area contributed by atoms with E-state index in [9.17, 15) is 0 Å². The van der Waals surface area contributed by atoms with Gasteiger partial charge in [-0.2, -0.15) is 0 Å². The molecule has 3 heteroatoms. The predicted molar refractivity (Wildman–Crippen MR) is 82.1 cm³/mol. The van der Waals surface area contributed by atoms with Gasteiger partial charge in [0.25, 0.3) is 0 Å². The van der Waals surface area contributed by atoms with Gasteiger partial charge in [-0.25, -0.2) is 0 Å². The molecular formula is C17H22N2O. The number of nitrogens with zero attached hydrogens (tertiary/aromatic N) is 1. The Bertz CT molecular complexity index is 567. The minimum Gasteiger partial charge on any atom is -0.497 e. The summed E-state index contributed by atoms with van der Waals surface area (Å²) in [6, 6.07) is 12.6. The fourth-order valence-electron chi connectivity index (χ4n) is 2.23. The second-order valence-electron chi connectivity index (χ2n) is 5.06. The maximum absolute atomic E-state index is 5.26. The smallest absolute Gasteiger partial charge is 0.122 e. The molecule has 0 radical (unpaired) electrons. The third-order valence-corrected chi connectivity index (χ3v) is 3.19. The van der Waals surface area contributed by atoms with Crippen LogP contribution in [0.5, 0.6) is 5.75 Å². The maximum atomic E-state index is 5.26. The lowest BCUT2D eigenvalue weighted by Crippen LogP contribution is -2.17. The lowest BCUT2D eigenvalue weighted by Gasteiger charge is -2.08. The predicted octanol–water partition coefficient (Wildman–Crippen LogP) is 3.04. The van der Waals surface area contributed by atoms with E-state index in [1.54, 1.807) is 7.11 Å². The fraction of sp³-hybridized carbons (Fsp3) is 0.353. The summed E-state index contributed by atoms with van der Waals surface area (Å²) in [6.45, 7) is 5.82. The lowest BCUT2D eigenvalue weighted by atomic mass is 10.1. The molecule has 1 aromatic carbocycles. The molecule has 0 aliphatic heterocycles. The Morgan fingerprint density at radius 3 is 2.75 bits per heavy atom. The summed E-state index contributed by atoms with van der Waals surface area (Å²) in [6.07, 6.45) is 1.03. The van der Waals surface area contributed by atoms with Crippen LogP contribution < -0.4 is 10.1 Å². The molecule has 0 unspecified atom stereocenters. The molecule has 0 saturated carbocycles. The molecule has 0 atom stereocenters. The Kier molecular flexibility index (Phi) is 5.13. The zero-order valence-corrected chi connectivity index (χ0v) is 12.4. The van der Waals surface area contributed by atoms with Gasteiger partial charge in [0.15, 0.2) is 0 Å². The van der Waals surface area contributed by atoms with E-state index in [1.165, 1.54) is 11.1 Å². The van der Waals surface area contributed by atoms with Gasteiger partial charge >= 0.3 is 0 Å². The second kappa shape index (κ2) is 7.06. The Morgan fingerprint density at radius 1 is 1.15 bits per heavy atom. The molecule has 0 aliphatic rings. The van der Waals surface area contributed by atoms with Crippen LogP contribution in [0.2, 0.25) is 0 Å². The van der Waals surface area contributed by atoms with Crippen LogP contribution in [0.4, 0.5) is 0 Å². The van der Waals surface area contributed by atoms with Crippen molar-refractivity contribution in [3.8, 4) is 5.75 Å². The molecule has 1 heterocycles. The molecule has 2 rings (SSSR count). The first-order valence-electron chi connectivity index (χ1n) is 6.95. The van der Waals surface area contributed by atoms with Crippen molar-refractivity contribution >= 4 is 0 Å². The molecule has 0 fully saturated rings. The third kappa shape index (κ3) is 4.35. The lowest BCUT2D eigenvalue weighted by molar-refractivity contribution is 0.412. The van der Waals surface area contributed by atoms with Crippen molar-refractivity contribution in [1.82, 2.24) is 10.3 Å². The Balaban J connectivity index is 1.82. The number of methoxy groups -OCH3 is 1. The highest BCUT2D eigenvalue weighted by atomic mass is 16.5. The topological polar surface area (TPSA) is 34.1 Å². The molecule has 20 heavy (non-hydrogen) atoms. The van der Waals surface area contributed by atoms with Crippen LogP contribution >= 0.6 is 0 Å². The molecule has 3 nitrogen and oxygen atoms in total. The molecule has 1 N–H and O–H groups in total. The van der Waals surface area contributed by atoms with Gasteiger partial charge in [0, 0.05) is 24.4 Å². The van der Waals surface area contributed by atoms with Gasteiger partial charge in [-0.05, 0) is 32.4 Å². The third-order valence-electron chi connectivity index (χ3n) is 3.19. The van der Waals surface area contributed by atoms with E-state index >= 15 is 0 Å². The van der Waals surface area contributed by atoms with Crippen LogP contribution in [-0.2, 0) is 13.0 Å². The molecule has 0 amide bonds. The summed E-state index contributed by atoms with van der Waals surface area (Å²) in [5.41, 5.74) is 4.69. The molecule has 1 aromatic heterocycles. The van der Waals surface area contributed by atoms with Crippen LogP contribution in [-0.4, -0.2) is 18.6 Å². The molecule has 2 aromatic rings. The molecular weight excluding hydrogens is 248 g/mol. The molecule has 0 aliphatic carbocycles. The average Bonchev–Trinajstić information content (AvgIpc) is 2.43. The van der Waals surface area contributed by atoms with Crippen molar-refractivity contribution in [3.05, 3.63) is 58.9 Å². The van der Waals surface area contributed by atoms with Crippen molar-refractivity contribution in [2.45, 2.75) is 26.8 Å². The number of hydrogen-bond donors (Lipinski definition) is 1. The number of pyridine rings is 1.